The molecule has 0 fully saturated rings. The van der Waals surface area contributed by atoms with Crippen LogP contribution in [0.25, 0.3) is 11.3 Å². The van der Waals surface area contributed by atoms with Crippen LogP contribution in [0.4, 0.5) is 0 Å². The van der Waals surface area contributed by atoms with E-state index in [-0.39, 0.29) is 5.82 Å². The summed E-state index contributed by atoms with van der Waals surface area (Å²) < 4.78 is 13.1. The van der Waals surface area contributed by atoms with Crippen LogP contribution in [0.2, 0.25) is 0 Å². The second-order valence-electron chi connectivity index (χ2n) is 8.78. The van der Waals surface area contributed by atoms with E-state index in [0.717, 1.165) is 23.4 Å². The van der Waals surface area contributed by atoms with Gasteiger partial charge in [-0.05, 0) is 36.2 Å². The Labute approximate surface area is 204 Å². The van der Waals surface area contributed by atoms with Crippen LogP contribution in [0, 0.1) is 0 Å². The summed E-state index contributed by atoms with van der Waals surface area (Å²) in [6.07, 6.45) is 14.8. The van der Waals surface area contributed by atoms with Crippen molar-refractivity contribution < 1.29 is 14.3 Å². The number of unbranched alkanes of at least 4 members (excludes halogenated alkanes) is 9. The number of carbonyl (C=O) groups excluding carboxylic acids is 1. The maximum Gasteiger partial charge on any atom is 0.379 e. The van der Waals surface area contributed by atoms with E-state index >= 15 is 0 Å². The monoisotopic (exact) mass is 462 g/mol. The molecule has 0 bridgehead atoms. The van der Waals surface area contributed by atoms with Crippen molar-refractivity contribution in [3.05, 3.63) is 66.6 Å². The zero-order chi connectivity index (χ0) is 24.0. The van der Waals surface area contributed by atoms with E-state index in [9.17, 15) is 4.79 Å². The van der Waals surface area contributed by atoms with Crippen LogP contribution in [0.5, 0.6) is 11.5 Å². The highest BCUT2D eigenvalue weighted by Gasteiger charge is 2.17. The number of nitrogens with zero attached hydrogens (tertiary/aromatic N) is 2. The number of carbonyl (C=O) groups is 1. The Morgan fingerprint density at radius 2 is 1.38 bits per heavy atom. The van der Waals surface area contributed by atoms with E-state index in [1.807, 2.05) is 49.5 Å². The van der Waals surface area contributed by atoms with Gasteiger partial charge in [-0.25, -0.2) is 9.78 Å². The molecule has 0 aliphatic carbocycles. The average molecular weight is 463 g/mol. The van der Waals surface area contributed by atoms with Crippen molar-refractivity contribution in [3.63, 3.8) is 0 Å². The van der Waals surface area contributed by atoms with E-state index < -0.39 is 5.97 Å². The molecule has 0 N–H and O–H groups in total. The molecule has 0 atom stereocenters. The Hall–Kier alpha value is -3.08. The molecule has 0 saturated carbocycles. The highest BCUT2D eigenvalue weighted by molar-refractivity contribution is 5.88. The minimum Gasteiger partial charge on any atom is -0.494 e. The number of benzene rings is 2. The first kappa shape index (κ1) is 25.5. The van der Waals surface area contributed by atoms with Crippen molar-refractivity contribution in [1.29, 1.82) is 0 Å². The van der Waals surface area contributed by atoms with Crippen LogP contribution < -0.4 is 9.47 Å². The van der Waals surface area contributed by atoms with Gasteiger partial charge < -0.3 is 14.0 Å². The van der Waals surface area contributed by atoms with Gasteiger partial charge in [0.05, 0.1) is 18.5 Å². The lowest BCUT2D eigenvalue weighted by Crippen LogP contribution is -2.14. The zero-order valence-corrected chi connectivity index (χ0v) is 20.7. The van der Waals surface area contributed by atoms with Gasteiger partial charge in [0.2, 0.25) is 5.82 Å². The predicted molar refractivity (Wildman–Crippen MR) is 137 cm³/mol. The molecule has 0 unspecified atom stereocenters. The number of aromatic nitrogens is 2. The predicted octanol–water partition coefficient (Wildman–Crippen LogP) is 7.61. The lowest BCUT2D eigenvalue weighted by atomic mass is 10.1. The van der Waals surface area contributed by atoms with Gasteiger partial charge in [0.15, 0.2) is 0 Å². The summed E-state index contributed by atoms with van der Waals surface area (Å²) in [7, 11) is 1.82. The van der Waals surface area contributed by atoms with Gasteiger partial charge in [-0.2, -0.15) is 0 Å². The fourth-order valence-corrected chi connectivity index (χ4v) is 4.01. The highest BCUT2D eigenvalue weighted by atomic mass is 16.5. The molecule has 0 amide bonds. The first-order valence-corrected chi connectivity index (χ1v) is 12.7. The third-order valence-corrected chi connectivity index (χ3v) is 6.04. The highest BCUT2D eigenvalue weighted by Crippen LogP contribution is 2.22. The fraction of sp³-hybridized carbons (Fsp3) is 0.448. The zero-order valence-electron chi connectivity index (χ0n) is 20.7. The smallest absolute Gasteiger partial charge is 0.379 e. The Kier molecular flexibility index (Phi) is 10.7. The SMILES string of the molecule is CCCCCCCCCCCCOc1ccc(OC(=O)c2ncc(-c3ccccc3)n2C)cc1. The molecule has 1 aromatic heterocycles. The molecule has 2 aromatic carbocycles. The third kappa shape index (κ3) is 8.05. The number of imidazole rings is 1. The molecule has 0 aliphatic rings. The van der Waals surface area contributed by atoms with Crippen molar-refractivity contribution >= 4 is 5.97 Å². The van der Waals surface area contributed by atoms with Crippen LogP contribution in [-0.2, 0) is 7.05 Å². The van der Waals surface area contributed by atoms with Crippen molar-refractivity contribution in [2.75, 3.05) is 6.61 Å². The molecular formula is C29H38N2O3. The van der Waals surface area contributed by atoms with Gasteiger partial charge in [0.1, 0.15) is 11.5 Å². The molecule has 0 radical (unpaired) electrons. The quantitative estimate of drug-likeness (QED) is 0.132. The Morgan fingerprint density at radius 3 is 2.03 bits per heavy atom. The average Bonchev–Trinajstić information content (AvgIpc) is 3.25. The largest absolute Gasteiger partial charge is 0.494 e. The van der Waals surface area contributed by atoms with E-state index in [1.54, 1.807) is 22.9 Å². The topological polar surface area (TPSA) is 53.4 Å². The maximum absolute atomic E-state index is 12.6. The molecule has 5 heteroatoms. The van der Waals surface area contributed by atoms with Crippen molar-refractivity contribution in [1.82, 2.24) is 9.55 Å². The van der Waals surface area contributed by atoms with Crippen molar-refractivity contribution in [3.8, 4) is 22.8 Å². The van der Waals surface area contributed by atoms with E-state index in [1.165, 1.54) is 57.8 Å². The molecule has 1 heterocycles. The number of esters is 1. The van der Waals surface area contributed by atoms with Crippen LogP contribution in [0.1, 0.15) is 81.8 Å². The Bertz CT molecular complexity index is 980. The Balaban J connectivity index is 1.35. The first-order chi connectivity index (χ1) is 16.7. The number of hydrogen-bond donors (Lipinski definition) is 0. The Morgan fingerprint density at radius 1 is 0.794 bits per heavy atom. The van der Waals surface area contributed by atoms with Gasteiger partial charge in [-0.3, -0.25) is 0 Å². The summed E-state index contributed by atoms with van der Waals surface area (Å²) in [5.41, 5.74) is 1.86. The molecule has 0 saturated heterocycles. The van der Waals surface area contributed by atoms with Crippen molar-refractivity contribution in [2.24, 2.45) is 7.05 Å². The second-order valence-corrected chi connectivity index (χ2v) is 8.78. The lowest BCUT2D eigenvalue weighted by Gasteiger charge is -2.09. The number of hydrogen-bond acceptors (Lipinski definition) is 4. The summed E-state index contributed by atoms with van der Waals surface area (Å²) in [5, 5.41) is 0. The number of rotatable bonds is 15. The molecule has 0 aliphatic heterocycles. The maximum atomic E-state index is 12.6. The van der Waals surface area contributed by atoms with E-state index in [0.29, 0.717) is 12.4 Å². The molecule has 3 rings (SSSR count). The molecule has 5 nitrogen and oxygen atoms in total. The minimum atomic E-state index is -0.483. The summed E-state index contributed by atoms with van der Waals surface area (Å²) in [5.74, 6) is 1.04. The van der Waals surface area contributed by atoms with Crippen LogP contribution in [0.15, 0.2) is 60.8 Å². The molecule has 3 aromatic rings. The lowest BCUT2D eigenvalue weighted by molar-refractivity contribution is 0.0718. The van der Waals surface area contributed by atoms with E-state index in [2.05, 4.69) is 11.9 Å². The minimum absolute atomic E-state index is 0.264. The van der Waals surface area contributed by atoms with Crippen LogP contribution >= 0.6 is 0 Å². The first-order valence-electron chi connectivity index (χ1n) is 12.7. The van der Waals surface area contributed by atoms with Gasteiger partial charge in [0.25, 0.3) is 0 Å². The summed E-state index contributed by atoms with van der Waals surface area (Å²) in [6, 6.07) is 17.0. The van der Waals surface area contributed by atoms with Crippen molar-refractivity contribution in [2.45, 2.75) is 71.1 Å². The normalized spacial score (nSPS) is 10.9. The van der Waals surface area contributed by atoms with E-state index in [4.69, 9.17) is 9.47 Å². The summed E-state index contributed by atoms with van der Waals surface area (Å²) >= 11 is 0. The molecule has 34 heavy (non-hydrogen) atoms. The van der Waals surface area contributed by atoms with Gasteiger partial charge in [-0.15, -0.1) is 0 Å². The molecule has 182 valence electrons. The van der Waals surface area contributed by atoms with Crippen LogP contribution in [-0.4, -0.2) is 22.1 Å². The van der Waals surface area contributed by atoms with Gasteiger partial charge in [-0.1, -0.05) is 95.0 Å². The van der Waals surface area contributed by atoms with Crippen LogP contribution in [0.3, 0.4) is 0 Å². The summed E-state index contributed by atoms with van der Waals surface area (Å²) in [6.45, 7) is 2.97. The van der Waals surface area contributed by atoms with Gasteiger partial charge in [0, 0.05) is 7.05 Å². The molecule has 0 spiro atoms. The standard InChI is InChI=1S/C29H38N2O3/c1-3-4-5-6-7-8-9-10-11-15-22-33-25-18-20-26(21-19-25)34-29(32)28-30-23-27(31(28)2)24-16-13-12-14-17-24/h12-14,16-21,23H,3-11,15,22H2,1-2H3. The second kappa shape index (κ2) is 14.2. The molecular weight excluding hydrogens is 424 g/mol. The fourth-order valence-electron chi connectivity index (χ4n) is 4.01. The summed E-state index contributed by atoms with van der Waals surface area (Å²) in [4.78, 5) is 16.9. The van der Waals surface area contributed by atoms with Gasteiger partial charge >= 0.3 is 5.97 Å². The third-order valence-electron chi connectivity index (χ3n) is 6.04. The number of ether oxygens (including phenoxy) is 2.